The van der Waals surface area contributed by atoms with E-state index in [1.165, 1.54) is 11.9 Å². The van der Waals surface area contributed by atoms with Gasteiger partial charge in [0.25, 0.3) is 5.91 Å². The van der Waals surface area contributed by atoms with Crippen molar-refractivity contribution >= 4 is 11.7 Å². The fourth-order valence-electron chi connectivity index (χ4n) is 2.92. The maximum Gasteiger partial charge on any atom is 0.272 e. The minimum absolute atomic E-state index is 0.113. The van der Waals surface area contributed by atoms with Crippen molar-refractivity contribution in [3.8, 4) is 0 Å². The molecule has 5 heteroatoms. The van der Waals surface area contributed by atoms with Gasteiger partial charge < -0.3 is 9.80 Å². The molecule has 5 nitrogen and oxygen atoms in total. The third-order valence-electron chi connectivity index (χ3n) is 4.40. The van der Waals surface area contributed by atoms with Crippen LogP contribution in [0.4, 0.5) is 5.82 Å². The van der Waals surface area contributed by atoms with Gasteiger partial charge in [-0.3, -0.25) is 4.79 Å². The molecule has 0 fully saturated rings. The SMILES string of the molecule is CCN(Cc1ccccc1)c1cc(C(=O)N(C)Cc2ccccc2)ncn1. The van der Waals surface area contributed by atoms with E-state index in [0.717, 1.165) is 24.5 Å². The fraction of sp³-hybridized carbons (Fsp3) is 0.227. The Morgan fingerprint density at radius 3 is 2.07 bits per heavy atom. The highest BCUT2D eigenvalue weighted by molar-refractivity contribution is 5.92. The molecule has 0 aliphatic heterocycles. The molecule has 0 radical (unpaired) electrons. The summed E-state index contributed by atoms with van der Waals surface area (Å²) < 4.78 is 0. The van der Waals surface area contributed by atoms with Crippen LogP contribution in [0.15, 0.2) is 73.1 Å². The molecule has 1 aromatic heterocycles. The molecular formula is C22H24N4O. The Bertz CT molecular complexity index is 868. The molecule has 0 aliphatic rings. The summed E-state index contributed by atoms with van der Waals surface area (Å²) in [6.07, 6.45) is 1.46. The van der Waals surface area contributed by atoms with E-state index < -0.39 is 0 Å². The van der Waals surface area contributed by atoms with Gasteiger partial charge in [-0.15, -0.1) is 0 Å². The average molecular weight is 360 g/mol. The third-order valence-corrected chi connectivity index (χ3v) is 4.40. The molecule has 1 amide bonds. The second kappa shape index (κ2) is 8.94. The second-order valence-electron chi connectivity index (χ2n) is 6.41. The van der Waals surface area contributed by atoms with Gasteiger partial charge in [0, 0.05) is 32.7 Å². The molecule has 0 saturated heterocycles. The summed E-state index contributed by atoms with van der Waals surface area (Å²) in [6.45, 7) is 4.15. The first kappa shape index (κ1) is 18.6. The highest BCUT2D eigenvalue weighted by Gasteiger charge is 2.16. The predicted octanol–water partition coefficient (Wildman–Crippen LogP) is 3.78. The quantitative estimate of drug-likeness (QED) is 0.643. The van der Waals surface area contributed by atoms with Crippen LogP contribution in [0.5, 0.6) is 0 Å². The van der Waals surface area contributed by atoms with E-state index >= 15 is 0 Å². The predicted molar refractivity (Wildman–Crippen MR) is 107 cm³/mol. The lowest BCUT2D eigenvalue weighted by Crippen LogP contribution is -2.28. The molecule has 0 aliphatic carbocycles. The molecule has 3 aromatic rings. The number of amides is 1. The van der Waals surface area contributed by atoms with Crippen LogP contribution in [0.25, 0.3) is 0 Å². The van der Waals surface area contributed by atoms with E-state index in [2.05, 4.69) is 33.9 Å². The maximum absolute atomic E-state index is 12.8. The van der Waals surface area contributed by atoms with Gasteiger partial charge >= 0.3 is 0 Å². The molecule has 0 atom stereocenters. The number of anilines is 1. The third kappa shape index (κ3) is 4.91. The summed E-state index contributed by atoms with van der Waals surface area (Å²) in [5, 5.41) is 0. The van der Waals surface area contributed by atoms with Crippen LogP contribution in [0.2, 0.25) is 0 Å². The molecule has 138 valence electrons. The minimum Gasteiger partial charge on any atom is -0.352 e. The molecule has 0 bridgehead atoms. The first-order valence-electron chi connectivity index (χ1n) is 9.07. The summed E-state index contributed by atoms with van der Waals surface area (Å²) in [7, 11) is 1.79. The van der Waals surface area contributed by atoms with E-state index in [-0.39, 0.29) is 5.91 Å². The zero-order valence-corrected chi connectivity index (χ0v) is 15.7. The zero-order valence-electron chi connectivity index (χ0n) is 15.7. The van der Waals surface area contributed by atoms with Gasteiger partial charge in [0.15, 0.2) is 0 Å². The molecule has 2 aromatic carbocycles. The van der Waals surface area contributed by atoms with Crippen LogP contribution in [-0.4, -0.2) is 34.4 Å². The van der Waals surface area contributed by atoms with Crippen molar-refractivity contribution in [2.75, 3.05) is 18.5 Å². The summed E-state index contributed by atoms with van der Waals surface area (Å²) in [6, 6.07) is 21.9. The van der Waals surface area contributed by atoms with Crippen LogP contribution >= 0.6 is 0 Å². The number of aromatic nitrogens is 2. The van der Waals surface area contributed by atoms with Gasteiger partial charge in [0.05, 0.1) is 0 Å². The maximum atomic E-state index is 12.8. The van der Waals surface area contributed by atoms with Crippen LogP contribution < -0.4 is 4.90 Å². The van der Waals surface area contributed by atoms with Crippen LogP contribution in [0.1, 0.15) is 28.5 Å². The zero-order chi connectivity index (χ0) is 19.1. The average Bonchev–Trinajstić information content (AvgIpc) is 2.73. The van der Waals surface area contributed by atoms with Crippen molar-refractivity contribution in [1.29, 1.82) is 0 Å². The lowest BCUT2D eigenvalue weighted by Gasteiger charge is -2.23. The summed E-state index contributed by atoms with van der Waals surface area (Å²) in [4.78, 5) is 25.2. The Labute approximate surface area is 160 Å². The fourth-order valence-corrected chi connectivity index (χ4v) is 2.92. The van der Waals surface area contributed by atoms with E-state index in [4.69, 9.17) is 0 Å². The second-order valence-corrected chi connectivity index (χ2v) is 6.41. The van der Waals surface area contributed by atoms with E-state index in [9.17, 15) is 4.79 Å². The molecule has 27 heavy (non-hydrogen) atoms. The van der Waals surface area contributed by atoms with E-state index in [1.54, 1.807) is 18.0 Å². The number of carbonyl (C=O) groups is 1. The Morgan fingerprint density at radius 1 is 0.889 bits per heavy atom. The van der Waals surface area contributed by atoms with Crippen LogP contribution in [0.3, 0.4) is 0 Å². The Hall–Kier alpha value is -3.21. The Morgan fingerprint density at radius 2 is 1.48 bits per heavy atom. The summed E-state index contributed by atoms with van der Waals surface area (Å²) in [5.41, 5.74) is 2.69. The monoisotopic (exact) mass is 360 g/mol. The van der Waals surface area contributed by atoms with Crippen LogP contribution in [-0.2, 0) is 13.1 Å². The molecule has 0 saturated carbocycles. The van der Waals surface area contributed by atoms with Gasteiger partial charge in [-0.25, -0.2) is 9.97 Å². The minimum atomic E-state index is -0.113. The van der Waals surface area contributed by atoms with Crippen molar-refractivity contribution < 1.29 is 4.79 Å². The highest BCUT2D eigenvalue weighted by Crippen LogP contribution is 2.16. The molecule has 0 unspecified atom stereocenters. The first-order valence-corrected chi connectivity index (χ1v) is 9.07. The number of hydrogen-bond donors (Lipinski definition) is 0. The number of hydrogen-bond acceptors (Lipinski definition) is 4. The van der Waals surface area contributed by atoms with Gasteiger partial charge in [0.2, 0.25) is 0 Å². The standard InChI is InChI=1S/C22H24N4O/c1-3-26(16-19-12-8-5-9-13-19)21-14-20(23-17-24-21)22(27)25(2)15-18-10-6-4-7-11-18/h4-14,17H,3,15-16H2,1-2H3. The lowest BCUT2D eigenvalue weighted by atomic mass is 10.2. The largest absolute Gasteiger partial charge is 0.352 e. The van der Waals surface area contributed by atoms with Crippen molar-refractivity contribution in [1.82, 2.24) is 14.9 Å². The molecule has 0 N–H and O–H groups in total. The number of carbonyl (C=O) groups excluding carboxylic acids is 1. The van der Waals surface area contributed by atoms with E-state index in [1.807, 2.05) is 48.5 Å². The topological polar surface area (TPSA) is 49.3 Å². The first-order chi connectivity index (χ1) is 13.2. The van der Waals surface area contributed by atoms with E-state index in [0.29, 0.717) is 12.2 Å². The van der Waals surface area contributed by atoms with Gasteiger partial charge in [-0.1, -0.05) is 60.7 Å². The lowest BCUT2D eigenvalue weighted by molar-refractivity contribution is 0.0779. The Kier molecular flexibility index (Phi) is 6.15. The molecule has 1 heterocycles. The Balaban J connectivity index is 1.74. The van der Waals surface area contributed by atoms with Gasteiger partial charge in [-0.2, -0.15) is 0 Å². The normalized spacial score (nSPS) is 10.4. The van der Waals surface area contributed by atoms with Crippen LogP contribution in [0, 0.1) is 0 Å². The smallest absolute Gasteiger partial charge is 0.272 e. The number of benzene rings is 2. The summed E-state index contributed by atoms with van der Waals surface area (Å²) >= 11 is 0. The highest BCUT2D eigenvalue weighted by atomic mass is 16.2. The van der Waals surface area contributed by atoms with Crippen molar-refractivity contribution in [3.63, 3.8) is 0 Å². The van der Waals surface area contributed by atoms with Gasteiger partial charge in [-0.05, 0) is 18.1 Å². The summed E-state index contributed by atoms with van der Waals surface area (Å²) in [5.74, 6) is 0.645. The van der Waals surface area contributed by atoms with Crippen molar-refractivity contribution in [3.05, 3.63) is 89.9 Å². The van der Waals surface area contributed by atoms with Crippen molar-refractivity contribution in [2.45, 2.75) is 20.0 Å². The number of nitrogens with zero attached hydrogens (tertiary/aromatic N) is 4. The molecule has 0 spiro atoms. The number of rotatable bonds is 7. The van der Waals surface area contributed by atoms with Gasteiger partial charge in [0.1, 0.15) is 17.8 Å². The molecule has 3 rings (SSSR count). The molecular weight excluding hydrogens is 336 g/mol. The van der Waals surface area contributed by atoms with Crippen molar-refractivity contribution in [2.24, 2.45) is 0 Å².